The summed E-state index contributed by atoms with van der Waals surface area (Å²) in [6, 6.07) is 10.1. The zero-order valence-electron chi connectivity index (χ0n) is 10.3. The summed E-state index contributed by atoms with van der Waals surface area (Å²) in [4.78, 5) is 20.1. The largest absolute Gasteiger partial charge is 0.292 e. The summed E-state index contributed by atoms with van der Waals surface area (Å²) < 4.78 is 1.42. The zero-order chi connectivity index (χ0) is 13.2. The minimum Gasteiger partial charge on any atom is -0.291 e. The number of rotatable bonds is 3. The van der Waals surface area contributed by atoms with Crippen molar-refractivity contribution >= 4 is 22.8 Å². The van der Waals surface area contributed by atoms with E-state index >= 15 is 0 Å². The molecule has 0 radical (unpaired) electrons. The number of thioether (sulfide) groups is 1. The molecule has 1 N–H and O–H groups in total. The van der Waals surface area contributed by atoms with E-state index in [0.29, 0.717) is 11.0 Å². The lowest BCUT2D eigenvalue weighted by molar-refractivity contribution is 0.748. The first kappa shape index (κ1) is 12.0. The average molecular weight is 272 g/mol. The lowest BCUT2D eigenvalue weighted by atomic mass is 10.2. The molecule has 0 saturated heterocycles. The van der Waals surface area contributed by atoms with Crippen molar-refractivity contribution in [2.24, 2.45) is 7.05 Å². The number of nitrogens with one attached hydrogen (secondary N) is 1. The fraction of sp³-hybridized carbons (Fsp3) is 0.154. The van der Waals surface area contributed by atoms with E-state index in [0.717, 1.165) is 10.8 Å². The highest BCUT2D eigenvalue weighted by Gasteiger charge is 2.11. The Morgan fingerprint density at radius 2 is 2.05 bits per heavy atom. The highest BCUT2D eigenvalue weighted by molar-refractivity contribution is 7.98. The third-order valence-electron chi connectivity index (χ3n) is 2.82. The molecule has 0 spiro atoms. The lowest BCUT2D eigenvalue weighted by Gasteiger charge is -2.01. The van der Waals surface area contributed by atoms with Crippen LogP contribution in [0.15, 0.2) is 46.5 Å². The second-order valence-electron chi connectivity index (χ2n) is 4.15. The second-order valence-corrected chi connectivity index (χ2v) is 5.12. The van der Waals surface area contributed by atoms with Crippen molar-refractivity contribution in [3.8, 4) is 0 Å². The van der Waals surface area contributed by atoms with Gasteiger partial charge in [-0.2, -0.15) is 0 Å². The molecule has 0 bridgehead atoms. The molecule has 0 aliphatic rings. The van der Waals surface area contributed by atoms with E-state index in [1.165, 1.54) is 16.6 Å². The van der Waals surface area contributed by atoms with Crippen LogP contribution < -0.4 is 5.56 Å². The van der Waals surface area contributed by atoms with Crippen LogP contribution >= 0.6 is 11.8 Å². The van der Waals surface area contributed by atoms with E-state index in [-0.39, 0.29) is 5.56 Å². The highest BCUT2D eigenvalue weighted by Crippen LogP contribution is 2.24. The minimum absolute atomic E-state index is 0.126. The molecular formula is C13H12N4OS. The van der Waals surface area contributed by atoms with E-state index in [4.69, 9.17) is 0 Å². The molecule has 2 heterocycles. The van der Waals surface area contributed by atoms with E-state index in [1.807, 2.05) is 18.2 Å². The smallest absolute Gasteiger partial charge is 0.291 e. The van der Waals surface area contributed by atoms with Gasteiger partial charge in [-0.05, 0) is 5.56 Å². The van der Waals surface area contributed by atoms with Crippen LogP contribution in [0.2, 0.25) is 0 Å². The molecule has 1 aromatic carbocycles. The zero-order valence-corrected chi connectivity index (χ0v) is 11.1. The molecule has 6 heteroatoms. The third kappa shape index (κ3) is 2.26. The van der Waals surface area contributed by atoms with Crippen LogP contribution in [0.3, 0.4) is 0 Å². The molecule has 0 amide bonds. The summed E-state index contributed by atoms with van der Waals surface area (Å²) in [5.74, 6) is 0.809. The van der Waals surface area contributed by atoms with Crippen LogP contribution in [-0.2, 0) is 12.8 Å². The van der Waals surface area contributed by atoms with Gasteiger partial charge in [0.15, 0.2) is 5.52 Å². The Balaban J connectivity index is 1.93. The number of fused-ring (bicyclic) bond motifs is 1. The van der Waals surface area contributed by atoms with E-state index in [2.05, 4.69) is 27.2 Å². The maximum atomic E-state index is 11.8. The highest BCUT2D eigenvalue weighted by atomic mass is 32.2. The summed E-state index contributed by atoms with van der Waals surface area (Å²) in [5, 5.41) is 3.79. The Morgan fingerprint density at radius 1 is 1.26 bits per heavy atom. The number of hydrogen-bond donors (Lipinski definition) is 1. The second kappa shape index (κ2) is 4.89. The number of aryl methyl sites for hydroxylation is 1. The number of hydrogen-bond acceptors (Lipinski definition) is 4. The molecule has 5 nitrogen and oxygen atoms in total. The first-order chi connectivity index (χ1) is 9.25. The van der Waals surface area contributed by atoms with Crippen LogP contribution in [0.25, 0.3) is 11.0 Å². The van der Waals surface area contributed by atoms with Gasteiger partial charge >= 0.3 is 0 Å². The van der Waals surface area contributed by atoms with Crippen LogP contribution in [0, 0.1) is 0 Å². The third-order valence-corrected chi connectivity index (χ3v) is 3.88. The van der Waals surface area contributed by atoms with Gasteiger partial charge in [-0.15, -0.1) is 0 Å². The first-order valence-corrected chi connectivity index (χ1v) is 6.80. The molecule has 0 aliphatic heterocycles. The summed E-state index contributed by atoms with van der Waals surface area (Å²) in [6.45, 7) is 0. The molecule has 2 aromatic heterocycles. The standard InChI is InChI=1S/C13H12N4OS/c1-17-13(18)11-10(16-17)12(15-8-14-11)19-7-9-5-3-2-4-6-9/h2-6,8,16H,7H2,1H3. The first-order valence-electron chi connectivity index (χ1n) is 5.82. The number of H-pyrrole nitrogens is 1. The normalized spacial score (nSPS) is 11.0. The monoisotopic (exact) mass is 272 g/mol. The molecule has 3 aromatic rings. The molecule has 19 heavy (non-hydrogen) atoms. The van der Waals surface area contributed by atoms with Gasteiger partial charge in [0.25, 0.3) is 5.56 Å². The van der Waals surface area contributed by atoms with Crippen LogP contribution in [-0.4, -0.2) is 19.7 Å². The van der Waals surface area contributed by atoms with Crippen molar-refractivity contribution in [1.82, 2.24) is 19.7 Å². The van der Waals surface area contributed by atoms with Crippen molar-refractivity contribution in [1.29, 1.82) is 0 Å². The maximum absolute atomic E-state index is 11.8. The summed E-state index contributed by atoms with van der Waals surface area (Å²) in [7, 11) is 1.68. The van der Waals surface area contributed by atoms with Crippen molar-refractivity contribution in [3.63, 3.8) is 0 Å². The van der Waals surface area contributed by atoms with Gasteiger partial charge in [0.05, 0.1) is 0 Å². The lowest BCUT2D eigenvalue weighted by Crippen LogP contribution is -2.11. The molecule has 0 saturated carbocycles. The number of aromatic nitrogens is 4. The fourth-order valence-corrected chi connectivity index (χ4v) is 2.75. The van der Waals surface area contributed by atoms with Crippen molar-refractivity contribution in [3.05, 3.63) is 52.6 Å². The van der Waals surface area contributed by atoms with Gasteiger partial charge in [-0.1, -0.05) is 42.1 Å². The van der Waals surface area contributed by atoms with E-state index in [1.54, 1.807) is 18.8 Å². The predicted octanol–water partition coefficient (Wildman–Crippen LogP) is 1.95. The molecule has 96 valence electrons. The Labute approximate surface area is 113 Å². The summed E-state index contributed by atoms with van der Waals surface area (Å²) >= 11 is 1.59. The Hall–Kier alpha value is -2.08. The van der Waals surface area contributed by atoms with Crippen LogP contribution in [0.1, 0.15) is 5.56 Å². The van der Waals surface area contributed by atoms with Gasteiger partial charge in [0.2, 0.25) is 0 Å². The Kier molecular flexibility index (Phi) is 3.08. The SMILES string of the molecule is Cn1[nH]c2c(SCc3ccccc3)ncnc2c1=O. The van der Waals surface area contributed by atoms with Gasteiger partial charge in [0, 0.05) is 12.8 Å². The van der Waals surface area contributed by atoms with Gasteiger partial charge in [-0.25, -0.2) is 9.97 Å². The molecule has 3 rings (SSSR count). The minimum atomic E-state index is -0.126. The van der Waals surface area contributed by atoms with Crippen molar-refractivity contribution in [2.75, 3.05) is 0 Å². The topological polar surface area (TPSA) is 63.6 Å². The van der Waals surface area contributed by atoms with E-state index in [9.17, 15) is 4.79 Å². The van der Waals surface area contributed by atoms with Crippen LogP contribution in [0.5, 0.6) is 0 Å². The Morgan fingerprint density at radius 3 is 2.84 bits per heavy atom. The average Bonchev–Trinajstić information content (AvgIpc) is 2.74. The molecule has 0 atom stereocenters. The quantitative estimate of drug-likeness (QED) is 0.584. The number of aromatic amines is 1. The molecule has 0 unspecified atom stereocenters. The van der Waals surface area contributed by atoms with Gasteiger partial charge in [0.1, 0.15) is 16.9 Å². The maximum Gasteiger partial charge on any atom is 0.292 e. The predicted molar refractivity (Wildman–Crippen MR) is 75.1 cm³/mol. The Bertz CT molecular complexity index is 763. The summed E-state index contributed by atoms with van der Waals surface area (Å²) in [5.41, 5.74) is 2.24. The fourth-order valence-electron chi connectivity index (χ4n) is 1.85. The summed E-state index contributed by atoms with van der Waals surface area (Å²) in [6.07, 6.45) is 1.44. The van der Waals surface area contributed by atoms with E-state index < -0.39 is 0 Å². The number of benzene rings is 1. The van der Waals surface area contributed by atoms with Gasteiger partial charge in [-0.3, -0.25) is 14.6 Å². The molecule has 0 fully saturated rings. The van der Waals surface area contributed by atoms with Crippen LogP contribution in [0.4, 0.5) is 0 Å². The molecule has 0 aliphatic carbocycles. The van der Waals surface area contributed by atoms with Gasteiger partial charge < -0.3 is 0 Å². The van der Waals surface area contributed by atoms with Crippen molar-refractivity contribution in [2.45, 2.75) is 10.8 Å². The van der Waals surface area contributed by atoms with Crippen molar-refractivity contribution < 1.29 is 0 Å². The molecular weight excluding hydrogens is 260 g/mol. The number of nitrogens with zero attached hydrogens (tertiary/aromatic N) is 3.